The first-order chi connectivity index (χ1) is 38.3. The van der Waals surface area contributed by atoms with Crippen LogP contribution >= 0.6 is 0 Å². The van der Waals surface area contributed by atoms with Gasteiger partial charge >= 0.3 is 0 Å². The summed E-state index contributed by atoms with van der Waals surface area (Å²) in [6.45, 7) is 3.62. The van der Waals surface area contributed by atoms with Crippen LogP contribution in [-0.4, -0.2) is 85.0 Å². The summed E-state index contributed by atoms with van der Waals surface area (Å²) in [5.41, 5.74) is 12.7. The van der Waals surface area contributed by atoms with Crippen molar-refractivity contribution in [2.75, 3.05) is 42.6 Å². The second-order valence-electron chi connectivity index (χ2n) is 22.0. The Morgan fingerprint density at radius 3 is 1.46 bits per heavy atom. The molecule has 4 aromatic carbocycles. The number of carbonyl (C=O) groups excluding carboxylic acids is 1. The van der Waals surface area contributed by atoms with E-state index in [2.05, 4.69) is 73.6 Å². The SMILES string of the molecule is NC(CC1CCCCC1)CN1CCCn2c1nc(-c1ccncc1)c(-c1ccc3ccccc3c1)c2=O.O=C(CO)NC(CC1CCCCC1)CN1CCCn2c1nc(-c1ccncc1)c(-c1ccc3ccccc3c1)c2=O. The molecule has 1 amide bonds. The van der Waals surface area contributed by atoms with Crippen LogP contribution in [0.15, 0.2) is 144 Å². The maximum Gasteiger partial charge on any atom is 0.263 e. The minimum atomic E-state index is -0.531. The molecule has 402 valence electrons. The Hall–Kier alpha value is -7.55. The fraction of sp³-hybridized carbons (Fsp3) is 0.391. The zero-order chi connectivity index (χ0) is 53.4. The number of nitrogens with one attached hydrogen (secondary N) is 1. The topological polar surface area (TPSA) is 177 Å². The largest absolute Gasteiger partial charge is 0.387 e. The van der Waals surface area contributed by atoms with Gasteiger partial charge in [-0.3, -0.25) is 33.5 Å². The van der Waals surface area contributed by atoms with Gasteiger partial charge in [-0.2, -0.15) is 0 Å². The lowest BCUT2D eigenvalue weighted by atomic mass is 9.84. The summed E-state index contributed by atoms with van der Waals surface area (Å²) in [7, 11) is 0. The van der Waals surface area contributed by atoms with Gasteiger partial charge in [0.15, 0.2) is 0 Å². The summed E-state index contributed by atoms with van der Waals surface area (Å²) in [5, 5.41) is 17.0. The number of aliphatic hydroxyl groups excluding tert-OH is 1. The number of fused-ring (bicyclic) bond motifs is 4. The maximum absolute atomic E-state index is 14.3. The van der Waals surface area contributed by atoms with Crippen molar-refractivity contribution >= 4 is 39.3 Å². The van der Waals surface area contributed by atoms with Crippen molar-refractivity contribution in [1.29, 1.82) is 0 Å². The van der Waals surface area contributed by atoms with Crippen molar-refractivity contribution in [2.45, 2.75) is 115 Å². The summed E-state index contributed by atoms with van der Waals surface area (Å²) in [4.78, 5) is 63.9. The first-order valence-corrected chi connectivity index (χ1v) is 28.5. The molecule has 0 spiro atoms. The van der Waals surface area contributed by atoms with Crippen molar-refractivity contribution < 1.29 is 9.90 Å². The van der Waals surface area contributed by atoms with Gasteiger partial charge in [-0.25, -0.2) is 9.97 Å². The number of rotatable bonds is 14. The van der Waals surface area contributed by atoms with Gasteiger partial charge in [-0.05, 0) is 107 Å². The molecule has 8 aromatic rings. The molecule has 2 saturated carbocycles. The molecule has 2 aliphatic carbocycles. The Morgan fingerprint density at radius 1 is 0.538 bits per heavy atom. The fourth-order valence-corrected chi connectivity index (χ4v) is 12.8. The highest BCUT2D eigenvalue weighted by Crippen LogP contribution is 2.36. The lowest BCUT2D eigenvalue weighted by Crippen LogP contribution is -2.49. The second-order valence-corrected chi connectivity index (χ2v) is 22.0. The Labute approximate surface area is 456 Å². The smallest absolute Gasteiger partial charge is 0.263 e. The molecule has 0 bridgehead atoms. The summed E-state index contributed by atoms with van der Waals surface area (Å²) in [6.07, 6.45) is 23.3. The molecule has 4 N–H and O–H groups in total. The van der Waals surface area contributed by atoms with Gasteiger partial charge in [0.2, 0.25) is 17.8 Å². The molecule has 4 aromatic heterocycles. The van der Waals surface area contributed by atoms with E-state index in [1.807, 2.05) is 65.2 Å². The van der Waals surface area contributed by atoms with E-state index in [0.29, 0.717) is 54.0 Å². The Kier molecular flexibility index (Phi) is 16.4. The van der Waals surface area contributed by atoms with Gasteiger partial charge in [0.1, 0.15) is 6.61 Å². The number of benzene rings is 4. The van der Waals surface area contributed by atoms with Crippen LogP contribution in [0.25, 0.3) is 66.3 Å². The van der Waals surface area contributed by atoms with Crippen molar-refractivity contribution in [3.05, 3.63) is 155 Å². The number of amides is 1. The Balaban J connectivity index is 0.000000166. The summed E-state index contributed by atoms with van der Waals surface area (Å²) in [5.74, 6) is 2.29. The second kappa shape index (κ2) is 24.4. The number of anilines is 2. The number of aliphatic hydroxyl groups is 1. The first-order valence-electron chi connectivity index (χ1n) is 28.5. The predicted octanol–water partition coefficient (Wildman–Crippen LogP) is 10.4. The van der Waals surface area contributed by atoms with Gasteiger partial charge < -0.3 is 26.0 Å². The third kappa shape index (κ3) is 11.8. The van der Waals surface area contributed by atoms with Gasteiger partial charge in [-0.15, -0.1) is 0 Å². The van der Waals surface area contributed by atoms with Crippen LogP contribution in [0.5, 0.6) is 0 Å². The number of hydrogen-bond acceptors (Lipinski definition) is 11. The molecular weight excluding hydrogens is 973 g/mol. The van der Waals surface area contributed by atoms with E-state index in [1.54, 1.807) is 29.4 Å². The normalized spacial score (nSPS) is 16.7. The molecule has 4 aliphatic rings. The lowest BCUT2D eigenvalue weighted by molar-refractivity contribution is -0.124. The van der Waals surface area contributed by atoms with E-state index in [0.717, 1.165) is 101 Å². The van der Waals surface area contributed by atoms with Crippen LogP contribution in [0.1, 0.15) is 89.9 Å². The van der Waals surface area contributed by atoms with Gasteiger partial charge in [0.25, 0.3) is 11.1 Å². The molecule has 2 aliphatic heterocycles. The molecule has 0 saturated heterocycles. The third-order valence-corrected chi connectivity index (χ3v) is 16.6. The van der Waals surface area contributed by atoms with Crippen LogP contribution in [0.2, 0.25) is 0 Å². The summed E-state index contributed by atoms with van der Waals surface area (Å²) < 4.78 is 3.66. The van der Waals surface area contributed by atoms with E-state index >= 15 is 0 Å². The van der Waals surface area contributed by atoms with E-state index in [-0.39, 0.29) is 29.1 Å². The highest BCUT2D eigenvalue weighted by molar-refractivity contribution is 5.92. The van der Waals surface area contributed by atoms with Gasteiger partial charge in [0, 0.05) is 87.3 Å². The minimum Gasteiger partial charge on any atom is -0.387 e. The molecule has 6 heterocycles. The molecule has 2 unspecified atom stereocenters. The Bertz CT molecular complexity index is 3480. The molecule has 2 atom stereocenters. The van der Waals surface area contributed by atoms with Crippen LogP contribution in [-0.2, 0) is 17.9 Å². The zero-order valence-corrected chi connectivity index (χ0v) is 44.7. The quantitative estimate of drug-likeness (QED) is 0.0944. The van der Waals surface area contributed by atoms with Crippen LogP contribution in [0.4, 0.5) is 11.9 Å². The van der Waals surface area contributed by atoms with Crippen molar-refractivity contribution in [3.8, 4) is 44.8 Å². The average Bonchev–Trinajstić information content (AvgIpc) is 3.54. The highest BCUT2D eigenvalue weighted by atomic mass is 16.3. The monoisotopic (exact) mass is 1040 g/mol. The number of carbonyl (C=O) groups is 1. The summed E-state index contributed by atoms with van der Waals surface area (Å²) >= 11 is 0. The zero-order valence-electron chi connectivity index (χ0n) is 44.7. The number of hydrogen-bond donors (Lipinski definition) is 3. The fourth-order valence-electron chi connectivity index (χ4n) is 12.8. The standard InChI is InChI=1S/C33H37N5O3.C31H35N5O/c39-22-29(40)35-28(19-23-7-2-1-3-8-23)21-37-17-6-18-38-32(41)30(27-12-11-24-9-4-5-10-26(24)20-27)31(36-33(37)38)25-13-15-34-16-14-25;32-27(19-22-7-2-1-3-8-22)21-35-17-6-18-36-30(37)28(26-12-11-23-9-4-5-10-25(23)20-26)29(34-31(35)36)24-13-15-33-16-14-24/h4-5,9-16,20,23,28,39H,1-3,6-8,17-19,21-22H2,(H,35,40);4-5,9-16,20,22,27H,1-3,6-8,17-19,21,32H2. The molecule has 0 radical (unpaired) electrons. The highest BCUT2D eigenvalue weighted by Gasteiger charge is 2.31. The van der Waals surface area contributed by atoms with Crippen molar-refractivity contribution in [3.63, 3.8) is 0 Å². The van der Waals surface area contributed by atoms with Crippen LogP contribution in [0.3, 0.4) is 0 Å². The third-order valence-electron chi connectivity index (χ3n) is 16.6. The molecule has 14 heteroatoms. The maximum atomic E-state index is 14.3. The molecular formula is C64H72N10O4. The molecule has 14 nitrogen and oxygen atoms in total. The number of nitrogens with two attached hydrogens (primary N) is 1. The average molecular weight is 1050 g/mol. The van der Waals surface area contributed by atoms with Gasteiger partial charge in [0.05, 0.1) is 22.5 Å². The number of aromatic nitrogens is 6. The van der Waals surface area contributed by atoms with Crippen LogP contribution < -0.4 is 32.0 Å². The van der Waals surface area contributed by atoms with Crippen molar-refractivity contribution in [1.82, 2.24) is 34.4 Å². The van der Waals surface area contributed by atoms with Crippen LogP contribution in [0, 0.1) is 11.8 Å². The number of pyridine rings is 2. The number of nitrogens with zero attached hydrogens (tertiary/aromatic N) is 8. The van der Waals surface area contributed by atoms with E-state index in [4.69, 9.17) is 15.7 Å². The van der Waals surface area contributed by atoms with Crippen molar-refractivity contribution in [2.24, 2.45) is 17.6 Å². The lowest BCUT2D eigenvalue weighted by Gasteiger charge is -2.36. The predicted molar refractivity (Wildman–Crippen MR) is 312 cm³/mol. The van der Waals surface area contributed by atoms with E-state index in [9.17, 15) is 19.5 Å². The first kappa shape index (κ1) is 52.5. The molecule has 12 rings (SSSR count). The molecule has 2 fully saturated rings. The van der Waals surface area contributed by atoms with E-state index in [1.165, 1.54) is 64.2 Å². The minimum absolute atomic E-state index is 0.0117. The molecule has 78 heavy (non-hydrogen) atoms. The van der Waals surface area contributed by atoms with Gasteiger partial charge in [-0.1, -0.05) is 137 Å². The summed E-state index contributed by atoms with van der Waals surface area (Å²) in [6, 6.07) is 36.3. The Morgan fingerprint density at radius 2 is 0.987 bits per heavy atom. The van der Waals surface area contributed by atoms with E-state index < -0.39 is 6.61 Å².